The van der Waals surface area contributed by atoms with E-state index in [2.05, 4.69) is 30.0 Å². The van der Waals surface area contributed by atoms with E-state index < -0.39 is 0 Å². The molecule has 0 saturated heterocycles. The number of nitrogens with zero attached hydrogens (tertiary/aromatic N) is 1. The monoisotopic (exact) mass is 273 g/mol. The summed E-state index contributed by atoms with van der Waals surface area (Å²) in [5, 5.41) is 7.38. The van der Waals surface area contributed by atoms with Gasteiger partial charge in [-0.25, -0.2) is 0 Å². The maximum absolute atomic E-state index is 7.38. The van der Waals surface area contributed by atoms with Crippen molar-refractivity contribution in [3.05, 3.63) is 29.3 Å². The van der Waals surface area contributed by atoms with Crippen molar-refractivity contribution in [2.45, 2.75) is 44.8 Å². The van der Waals surface area contributed by atoms with Crippen molar-refractivity contribution < 1.29 is 4.74 Å². The van der Waals surface area contributed by atoms with Gasteiger partial charge in [0.15, 0.2) is 0 Å². The molecule has 4 heteroatoms. The molecule has 1 aliphatic carbocycles. The second-order valence-corrected chi connectivity index (χ2v) is 6.06. The van der Waals surface area contributed by atoms with Crippen molar-refractivity contribution in [3.8, 4) is 5.75 Å². The first-order valence-corrected chi connectivity index (χ1v) is 7.45. The Balaban J connectivity index is 1.59. The van der Waals surface area contributed by atoms with E-state index in [1.807, 2.05) is 0 Å². The van der Waals surface area contributed by atoms with Crippen LogP contribution in [0.4, 0.5) is 0 Å². The molecule has 4 nitrogen and oxygen atoms in total. The summed E-state index contributed by atoms with van der Waals surface area (Å²) in [7, 11) is 0. The van der Waals surface area contributed by atoms with Gasteiger partial charge in [0.05, 0.1) is 5.84 Å². The first-order chi connectivity index (χ1) is 9.61. The van der Waals surface area contributed by atoms with Gasteiger partial charge in [0.1, 0.15) is 11.9 Å². The van der Waals surface area contributed by atoms with E-state index in [1.165, 1.54) is 24.0 Å². The van der Waals surface area contributed by atoms with Crippen molar-refractivity contribution in [3.63, 3.8) is 0 Å². The van der Waals surface area contributed by atoms with E-state index in [-0.39, 0.29) is 11.9 Å². The lowest BCUT2D eigenvalue weighted by atomic mass is 10.1. The van der Waals surface area contributed by atoms with Crippen LogP contribution in [-0.2, 0) is 6.42 Å². The number of amidine groups is 1. The highest BCUT2D eigenvalue weighted by Crippen LogP contribution is 2.32. The summed E-state index contributed by atoms with van der Waals surface area (Å²) in [6.45, 7) is 3.96. The van der Waals surface area contributed by atoms with E-state index in [0.717, 1.165) is 25.3 Å². The van der Waals surface area contributed by atoms with E-state index >= 15 is 0 Å². The average molecular weight is 273 g/mol. The van der Waals surface area contributed by atoms with Crippen LogP contribution >= 0.6 is 0 Å². The first kappa shape index (κ1) is 13.4. The number of rotatable bonds is 6. The van der Waals surface area contributed by atoms with Crippen LogP contribution in [0.2, 0.25) is 0 Å². The summed E-state index contributed by atoms with van der Waals surface area (Å²) in [6.07, 6.45) is 4.46. The van der Waals surface area contributed by atoms with E-state index in [1.54, 1.807) is 0 Å². The summed E-state index contributed by atoms with van der Waals surface area (Å²) in [6, 6.07) is 7.10. The largest absolute Gasteiger partial charge is 0.488 e. The molecular formula is C16H23N3O. The van der Waals surface area contributed by atoms with Crippen LogP contribution in [0, 0.1) is 12.3 Å². The molecule has 3 rings (SSSR count). The number of nitrogens with one attached hydrogen (secondary N) is 1. The average Bonchev–Trinajstić information content (AvgIpc) is 3.15. The highest BCUT2D eigenvalue weighted by Gasteiger charge is 2.33. The Bertz CT molecular complexity index is 510. The van der Waals surface area contributed by atoms with Crippen LogP contribution in [0.1, 0.15) is 30.4 Å². The normalized spacial score (nSPS) is 20.8. The molecule has 3 N–H and O–H groups in total. The Labute approximate surface area is 120 Å². The lowest BCUT2D eigenvalue weighted by molar-refractivity contribution is 0.147. The summed E-state index contributed by atoms with van der Waals surface area (Å²) in [4.78, 5) is 2.45. The fraction of sp³-hybridized carbons (Fsp3) is 0.562. The standard InChI is InChI=1S/C16H23N3O/c1-11-2-5-15-12(8-11)9-14(20-15)10-19(13-3-4-13)7-6-16(17)18/h2,5,8,13-14H,3-4,6-7,9-10H2,1H3,(H3,17,18). The number of aryl methyl sites for hydroxylation is 1. The van der Waals surface area contributed by atoms with Crippen LogP contribution in [0.15, 0.2) is 18.2 Å². The maximum atomic E-state index is 7.38. The summed E-state index contributed by atoms with van der Waals surface area (Å²) in [5.74, 6) is 1.32. The van der Waals surface area contributed by atoms with Crippen LogP contribution < -0.4 is 10.5 Å². The maximum Gasteiger partial charge on any atom is 0.123 e. The molecular weight excluding hydrogens is 250 g/mol. The van der Waals surface area contributed by atoms with Crippen molar-refractivity contribution in [1.82, 2.24) is 4.90 Å². The van der Waals surface area contributed by atoms with E-state index in [0.29, 0.717) is 12.5 Å². The Hall–Kier alpha value is -1.55. The molecule has 1 heterocycles. The zero-order valence-electron chi connectivity index (χ0n) is 12.1. The van der Waals surface area contributed by atoms with Crippen LogP contribution in [0.25, 0.3) is 0 Å². The summed E-state index contributed by atoms with van der Waals surface area (Å²) >= 11 is 0. The second kappa shape index (κ2) is 5.44. The van der Waals surface area contributed by atoms with Gasteiger partial charge in [-0.2, -0.15) is 0 Å². The van der Waals surface area contributed by atoms with Crippen LogP contribution in [-0.4, -0.2) is 36.0 Å². The Morgan fingerprint density at radius 2 is 2.25 bits per heavy atom. The van der Waals surface area contributed by atoms with Crippen LogP contribution in [0.5, 0.6) is 5.75 Å². The topological polar surface area (TPSA) is 62.3 Å². The molecule has 0 radical (unpaired) electrons. The van der Waals surface area contributed by atoms with Gasteiger partial charge >= 0.3 is 0 Å². The van der Waals surface area contributed by atoms with Gasteiger partial charge in [-0.3, -0.25) is 10.3 Å². The third kappa shape index (κ3) is 3.12. The molecule has 0 aromatic heterocycles. The number of nitrogens with two attached hydrogens (primary N) is 1. The third-order valence-electron chi connectivity index (χ3n) is 4.13. The smallest absolute Gasteiger partial charge is 0.123 e. The lowest BCUT2D eigenvalue weighted by Crippen LogP contribution is -2.38. The van der Waals surface area contributed by atoms with Gasteiger partial charge in [-0.05, 0) is 31.4 Å². The fourth-order valence-corrected chi connectivity index (χ4v) is 2.94. The van der Waals surface area contributed by atoms with Gasteiger partial charge in [-0.1, -0.05) is 17.7 Å². The zero-order valence-corrected chi connectivity index (χ0v) is 12.1. The van der Waals surface area contributed by atoms with Crippen molar-refractivity contribution in [1.29, 1.82) is 5.41 Å². The number of fused-ring (bicyclic) bond motifs is 1. The molecule has 0 spiro atoms. The molecule has 2 aliphatic rings. The Kier molecular flexibility index (Phi) is 3.66. The van der Waals surface area contributed by atoms with Gasteiger partial charge in [0, 0.05) is 32.0 Å². The third-order valence-corrected chi connectivity index (χ3v) is 4.13. The minimum atomic E-state index is 0.249. The SMILES string of the molecule is Cc1ccc2c(c1)CC(CN(CCC(=N)N)C1CC1)O2. The molecule has 0 amide bonds. The van der Waals surface area contributed by atoms with Gasteiger partial charge < -0.3 is 10.5 Å². The molecule has 1 aliphatic heterocycles. The fourth-order valence-electron chi connectivity index (χ4n) is 2.94. The molecule has 1 fully saturated rings. The molecule has 1 aromatic rings. The summed E-state index contributed by atoms with van der Waals surface area (Å²) < 4.78 is 6.05. The van der Waals surface area contributed by atoms with Crippen LogP contribution in [0.3, 0.4) is 0 Å². The number of hydrogen-bond acceptors (Lipinski definition) is 3. The minimum absolute atomic E-state index is 0.249. The highest BCUT2D eigenvalue weighted by atomic mass is 16.5. The molecule has 1 atom stereocenters. The molecule has 1 saturated carbocycles. The predicted octanol–water partition coefficient (Wildman–Crippen LogP) is 2.09. The minimum Gasteiger partial charge on any atom is -0.488 e. The number of hydrogen-bond donors (Lipinski definition) is 2. The molecule has 1 unspecified atom stereocenters. The Morgan fingerprint density at radius 1 is 1.45 bits per heavy atom. The molecule has 108 valence electrons. The first-order valence-electron chi connectivity index (χ1n) is 7.45. The number of ether oxygens (including phenoxy) is 1. The molecule has 0 bridgehead atoms. The summed E-state index contributed by atoms with van der Waals surface area (Å²) in [5.41, 5.74) is 8.11. The van der Waals surface area contributed by atoms with Gasteiger partial charge in [0.25, 0.3) is 0 Å². The number of benzene rings is 1. The quantitative estimate of drug-likeness (QED) is 0.616. The van der Waals surface area contributed by atoms with Crippen molar-refractivity contribution >= 4 is 5.84 Å². The van der Waals surface area contributed by atoms with Crippen molar-refractivity contribution in [2.24, 2.45) is 5.73 Å². The highest BCUT2D eigenvalue weighted by molar-refractivity contribution is 5.76. The van der Waals surface area contributed by atoms with Crippen molar-refractivity contribution in [2.75, 3.05) is 13.1 Å². The second-order valence-electron chi connectivity index (χ2n) is 6.06. The Morgan fingerprint density at radius 3 is 2.95 bits per heavy atom. The van der Waals surface area contributed by atoms with Gasteiger partial charge in [-0.15, -0.1) is 0 Å². The zero-order chi connectivity index (χ0) is 14.1. The van der Waals surface area contributed by atoms with E-state index in [4.69, 9.17) is 15.9 Å². The molecule has 20 heavy (non-hydrogen) atoms. The lowest BCUT2D eigenvalue weighted by Gasteiger charge is -2.24. The van der Waals surface area contributed by atoms with Gasteiger partial charge in [0.2, 0.25) is 0 Å². The predicted molar refractivity (Wildman–Crippen MR) is 80.4 cm³/mol. The van der Waals surface area contributed by atoms with E-state index in [9.17, 15) is 0 Å². The molecule has 1 aromatic carbocycles.